The van der Waals surface area contributed by atoms with Crippen LogP contribution in [0.1, 0.15) is 20.3 Å². The van der Waals surface area contributed by atoms with Gasteiger partial charge in [-0.05, 0) is 42.9 Å². The van der Waals surface area contributed by atoms with Crippen molar-refractivity contribution in [2.45, 2.75) is 44.3 Å². The van der Waals surface area contributed by atoms with Crippen LogP contribution in [0.3, 0.4) is 0 Å². The van der Waals surface area contributed by atoms with E-state index in [0.29, 0.717) is 17.7 Å². The minimum Gasteiger partial charge on any atom is -0.384 e. The molecule has 0 amide bonds. The van der Waals surface area contributed by atoms with Crippen molar-refractivity contribution in [1.29, 1.82) is 0 Å². The number of rotatable bonds is 5. The van der Waals surface area contributed by atoms with E-state index in [2.05, 4.69) is 37.9 Å². The summed E-state index contributed by atoms with van der Waals surface area (Å²) in [5, 5.41) is 3.95. The first-order valence-corrected chi connectivity index (χ1v) is 9.69. The predicted molar refractivity (Wildman–Crippen MR) is 105 cm³/mol. The molecule has 7 nitrogen and oxygen atoms in total. The topological polar surface area (TPSA) is 68.7 Å². The Hall–Kier alpha value is -0.420. The quantitative estimate of drug-likeness (QED) is 0.511. The van der Waals surface area contributed by atoms with Gasteiger partial charge in [-0.25, -0.2) is 0 Å². The Kier molecular flexibility index (Phi) is 5.65. The molecule has 140 valence electrons. The number of methoxy groups -OCH3 is 1. The molecule has 3 rings (SSSR count). The van der Waals surface area contributed by atoms with E-state index in [1.165, 1.54) is 0 Å². The van der Waals surface area contributed by atoms with E-state index >= 15 is 0 Å². The standard InChI is InChI=1S/C16H24ClIN4O3/c1-16(2)24-11-8(7-23-5)6-9(12(11)25-16)19-14-10(18)13(17)20-15(21-14)22(3)4/h8-9,11-12H,6-7H2,1-5H3,(H,19,20,21)/t8-,9-,11-,12+/m1/s1. The molecule has 0 radical (unpaired) electrons. The lowest BCUT2D eigenvalue weighted by molar-refractivity contribution is -0.159. The first-order chi connectivity index (χ1) is 11.7. The highest BCUT2D eigenvalue weighted by Gasteiger charge is 2.54. The molecule has 1 saturated carbocycles. The molecule has 2 heterocycles. The van der Waals surface area contributed by atoms with Crippen LogP contribution < -0.4 is 10.2 Å². The highest BCUT2D eigenvalue weighted by Crippen LogP contribution is 2.43. The van der Waals surface area contributed by atoms with Crippen LogP contribution in [-0.4, -0.2) is 61.8 Å². The van der Waals surface area contributed by atoms with Crippen LogP contribution in [0.15, 0.2) is 0 Å². The largest absolute Gasteiger partial charge is 0.384 e. The third kappa shape index (κ3) is 3.97. The number of aromatic nitrogens is 2. The summed E-state index contributed by atoms with van der Waals surface area (Å²) in [6.07, 6.45) is 0.840. The van der Waals surface area contributed by atoms with Gasteiger partial charge >= 0.3 is 0 Å². The van der Waals surface area contributed by atoms with E-state index in [-0.39, 0.29) is 24.2 Å². The summed E-state index contributed by atoms with van der Waals surface area (Å²) in [5.74, 6) is 0.976. The number of ether oxygens (including phenoxy) is 3. The van der Waals surface area contributed by atoms with Crippen molar-refractivity contribution in [3.8, 4) is 0 Å². The molecule has 2 fully saturated rings. The summed E-state index contributed by atoms with van der Waals surface area (Å²) >= 11 is 8.45. The Morgan fingerprint density at radius 3 is 2.64 bits per heavy atom. The zero-order valence-electron chi connectivity index (χ0n) is 15.0. The lowest BCUT2D eigenvalue weighted by Gasteiger charge is -2.25. The van der Waals surface area contributed by atoms with Gasteiger partial charge in [-0.1, -0.05) is 11.6 Å². The maximum atomic E-state index is 6.28. The normalized spacial score (nSPS) is 30.4. The number of hydrogen-bond acceptors (Lipinski definition) is 7. The summed E-state index contributed by atoms with van der Waals surface area (Å²) in [6, 6.07) is 0.0708. The molecule has 0 bridgehead atoms. The van der Waals surface area contributed by atoms with Crippen LogP contribution >= 0.6 is 34.2 Å². The van der Waals surface area contributed by atoms with Gasteiger partial charge in [0.25, 0.3) is 0 Å². The lowest BCUT2D eigenvalue weighted by Crippen LogP contribution is -2.35. The van der Waals surface area contributed by atoms with Crippen molar-refractivity contribution in [1.82, 2.24) is 9.97 Å². The van der Waals surface area contributed by atoms with Gasteiger partial charge in [0.1, 0.15) is 17.1 Å². The van der Waals surface area contributed by atoms with Crippen molar-refractivity contribution < 1.29 is 14.2 Å². The molecule has 4 atom stereocenters. The number of nitrogens with one attached hydrogen (secondary N) is 1. The summed E-state index contributed by atoms with van der Waals surface area (Å²) in [4.78, 5) is 10.7. The Balaban J connectivity index is 1.85. The fraction of sp³-hybridized carbons (Fsp3) is 0.750. The predicted octanol–water partition coefficient (Wildman–Crippen LogP) is 2.77. The van der Waals surface area contributed by atoms with E-state index in [1.807, 2.05) is 32.8 Å². The monoisotopic (exact) mass is 482 g/mol. The zero-order valence-corrected chi connectivity index (χ0v) is 18.0. The molecule has 1 aromatic rings. The van der Waals surface area contributed by atoms with Gasteiger partial charge in [-0.2, -0.15) is 9.97 Å². The minimum absolute atomic E-state index is 0.00994. The zero-order chi connectivity index (χ0) is 18.4. The lowest BCUT2D eigenvalue weighted by atomic mass is 10.1. The second-order valence-electron chi connectivity index (χ2n) is 7.14. The van der Waals surface area contributed by atoms with E-state index in [1.54, 1.807) is 7.11 Å². The molecule has 1 aliphatic carbocycles. The highest BCUT2D eigenvalue weighted by atomic mass is 127. The average molecular weight is 483 g/mol. The Morgan fingerprint density at radius 2 is 2.00 bits per heavy atom. The SMILES string of the molecule is COC[C@H]1C[C@@H](Nc2nc(N(C)C)nc(Cl)c2I)[C@@H]2OC(C)(C)O[C@H]12. The molecule has 2 aliphatic rings. The first-order valence-electron chi connectivity index (χ1n) is 8.23. The van der Waals surface area contributed by atoms with Gasteiger partial charge in [0.05, 0.1) is 22.3 Å². The van der Waals surface area contributed by atoms with Crippen LogP contribution in [0, 0.1) is 9.49 Å². The minimum atomic E-state index is -0.590. The molecule has 0 spiro atoms. The maximum absolute atomic E-state index is 6.28. The number of halogens is 2. The fourth-order valence-electron chi connectivity index (χ4n) is 3.49. The number of nitrogens with zero attached hydrogens (tertiary/aromatic N) is 3. The van der Waals surface area contributed by atoms with Gasteiger partial charge in [0.2, 0.25) is 5.95 Å². The van der Waals surface area contributed by atoms with Crippen molar-refractivity contribution in [3.05, 3.63) is 8.72 Å². The van der Waals surface area contributed by atoms with Gasteiger partial charge in [0, 0.05) is 27.1 Å². The summed E-state index contributed by atoms with van der Waals surface area (Å²) in [7, 11) is 5.49. The Morgan fingerprint density at radius 1 is 1.32 bits per heavy atom. The van der Waals surface area contributed by atoms with Crippen LogP contribution in [0.25, 0.3) is 0 Å². The van der Waals surface area contributed by atoms with Crippen LogP contribution in [0.5, 0.6) is 0 Å². The molecule has 1 N–H and O–H groups in total. The van der Waals surface area contributed by atoms with Crippen molar-refractivity contribution in [3.63, 3.8) is 0 Å². The smallest absolute Gasteiger partial charge is 0.228 e. The molecular weight excluding hydrogens is 459 g/mol. The number of fused-ring (bicyclic) bond motifs is 1. The summed E-state index contributed by atoms with van der Waals surface area (Å²) in [5.41, 5.74) is 0. The molecule has 0 unspecified atom stereocenters. The van der Waals surface area contributed by atoms with E-state index in [4.69, 9.17) is 25.8 Å². The molecule has 1 saturated heterocycles. The Labute approximate surface area is 166 Å². The fourth-order valence-corrected chi connectivity index (χ4v) is 4.05. The van der Waals surface area contributed by atoms with Crippen molar-refractivity contribution in [2.24, 2.45) is 5.92 Å². The van der Waals surface area contributed by atoms with Gasteiger partial charge in [-0.3, -0.25) is 0 Å². The molecule has 25 heavy (non-hydrogen) atoms. The molecular formula is C16H24ClIN4O3. The molecule has 1 aromatic heterocycles. The number of anilines is 2. The second kappa shape index (κ2) is 7.30. The summed E-state index contributed by atoms with van der Waals surface area (Å²) < 4.78 is 18.4. The van der Waals surface area contributed by atoms with Crippen molar-refractivity contribution >= 4 is 46.0 Å². The number of hydrogen-bond donors (Lipinski definition) is 1. The third-order valence-corrected chi connectivity index (χ3v) is 6.10. The van der Waals surface area contributed by atoms with Gasteiger partial charge in [0.15, 0.2) is 5.79 Å². The first kappa shape index (κ1) is 19.3. The second-order valence-corrected chi connectivity index (χ2v) is 8.57. The van der Waals surface area contributed by atoms with E-state index in [9.17, 15) is 0 Å². The average Bonchev–Trinajstić information content (AvgIpc) is 2.99. The molecule has 9 heteroatoms. The van der Waals surface area contributed by atoms with Gasteiger partial charge in [-0.15, -0.1) is 0 Å². The van der Waals surface area contributed by atoms with Crippen molar-refractivity contribution in [2.75, 3.05) is 38.0 Å². The van der Waals surface area contributed by atoms with Crippen LogP contribution in [0.4, 0.5) is 11.8 Å². The Bertz CT molecular complexity index is 646. The highest BCUT2D eigenvalue weighted by molar-refractivity contribution is 14.1. The van der Waals surface area contributed by atoms with Gasteiger partial charge < -0.3 is 24.4 Å². The third-order valence-electron chi connectivity index (χ3n) is 4.48. The van der Waals surface area contributed by atoms with Crippen LogP contribution in [-0.2, 0) is 14.2 Å². The summed E-state index contributed by atoms with van der Waals surface area (Å²) in [6.45, 7) is 4.53. The molecule has 1 aliphatic heterocycles. The van der Waals surface area contributed by atoms with Crippen LogP contribution in [0.2, 0.25) is 5.15 Å². The van der Waals surface area contributed by atoms with E-state index < -0.39 is 5.79 Å². The van der Waals surface area contributed by atoms with E-state index in [0.717, 1.165) is 15.8 Å². The maximum Gasteiger partial charge on any atom is 0.228 e. The molecule has 0 aromatic carbocycles.